The van der Waals surface area contributed by atoms with Gasteiger partial charge in [0.15, 0.2) is 0 Å². The Kier molecular flexibility index (Phi) is 2.89. The van der Waals surface area contributed by atoms with Crippen LogP contribution < -0.4 is 4.90 Å². The van der Waals surface area contributed by atoms with Gasteiger partial charge in [-0.3, -0.25) is 0 Å². The predicted octanol–water partition coefficient (Wildman–Crippen LogP) is 2.33. The van der Waals surface area contributed by atoms with Gasteiger partial charge in [-0.1, -0.05) is 12.8 Å². The zero-order valence-corrected chi connectivity index (χ0v) is 9.82. The van der Waals surface area contributed by atoms with Gasteiger partial charge < -0.3 is 4.90 Å². The van der Waals surface area contributed by atoms with Gasteiger partial charge in [0, 0.05) is 25.0 Å². The lowest BCUT2D eigenvalue weighted by atomic mass is 10.3. The average molecular weight is 205 g/mol. The van der Waals surface area contributed by atoms with E-state index < -0.39 is 0 Å². The van der Waals surface area contributed by atoms with Crippen molar-refractivity contribution in [2.45, 2.75) is 33.1 Å². The van der Waals surface area contributed by atoms with Crippen LogP contribution in [0.4, 0.5) is 5.95 Å². The van der Waals surface area contributed by atoms with E-state index >= 15 is 0 Å². The van der Waals surface area contributed by atoms with E-state index in [4.69, 9.17) is 0 Å². The smallest absolute Gasteiger partial charge is 0.225 e. The highest BCUT2D eigenvalue weighted by Crippen LogP contribution is 2.32. The lowest BCUT2D eigenvalue weighted by Gasteiger charge is -2.17. The molecule has 1 aliphatic rings. The van der Waals surface area contributed by atoms with Crippen molar-refractivity contribution in [3.63, 3.8) is 0 Å². The monoisotopic (exact) mass is 205 g/mol. The van der Waals surface area contributed by atoms with Crippen molar-refractivity contribution in [1.29, 1.82) is 0 Å². The van der Waals surface area contributed by atoms with Crippen LogP contribution in [0.5, 0.6) is 0 Å². The molecule has 0 N–H and O–H groups in total. The quantitative estimate of drug-likeness (QED) is 0.755. The van der Waals surface area contributed by atoms with Crippen LogP contribution in [0.3, 0.4) is 0 Å². The van der Waals surface area contributed by atoms with Gasteiger partial charge in [0.2, 0.25) is 5.95 Å². The number of aromatic nitrogens is 2. The first kappa shape index (κ1) is 10.4. The molecule has 2 rings (SSSR count). The Bertz CT molecular complexity index is 324. The minimum absolute atomic E-state index is 0.869. The molecule has 0 bridgehead atoms. The van der Waals surface area contributed by atoms with Crippen molar-refractivity contribution >= 4 is 5.95 Å². The SMILES string of the molecule is Cc1cc(C)nc(N(C)CCC2CC2)n1. The lowest BCUT2D eigenvalue weighted by Crippen LogP contribution is -2.22. The van der Waals surface area contributed by atoms with Crippen molar-refractivity contribution in [2.24, 2.45) is 5.92 Å². The van der Waals surface area contributed by atoms with E-state index in [9.17, 15) is 0 Å². The fourth-order valence-corrected chi connectivity index (χ4v) is 1.76. The third-order valence-corrected chi connectivity index (χ3v) is 2.88. The number of anilines is 1. The highest BCUT2D eigenvalue weighted by molar-refractivity contribution is 5.30. The van der Waals surface area contributed by atoms with Crippen molar-refractivity contribution in [1.82, 2.24) is 9.97 Å². The molecule has 0 amide bonds. The Morgan fingerprint density at radius 1 is 1.27 bits per heavy atom. The Morgan fingerprint density at radius 2 is 1.87 bits per heavy atom. The molecule has 82 valence electrons. The van der Waals surface area contributed by atoms with Gasteiger partial charge >= 0.3 is 0 Å². The maximum Gasteiger partial charge on any atom is 0.225 e. The van der Waals surface area contributed by atoms with Gasteiger partial charge in [-0.15, -0.1) is 0 Å². The third kappa shape index (κ3) is 2.91. The first-order valence-electron chi connectivity index (χ1n) is 5.68. The zero-order valence-electron chi connectivity index (χ0n) is 9.82. The summed E-state index contributed by atoms with van der Waals surface area (Å²) in [6.45, 7) is 5.12. The van der Waals surface area contributed by atoms with Gasteiger partial charge in [0.05, 0.1) is 0 Å². The summed E-state index contributed by atoms with van der Waals surface area (Å²) in [5, 5.41) is 0. The molecule has 3 nitrogen and oxygen atoms in total. The highest BCUT2D eigenvalue weighted by Gasteiger charge is 2.21. The molecule has 0 unspecified atom stereocenters. The van der Waals surface area contributed by atoms with Crippen LogP contribution in [0.2, 0.25) is 0 Å². The Morgan fingerprint density at radius 3 is 2.40 bits per heavy atom. The van der Waals surface area contributed by atoms with E-state index in [0.717, 1.165) is 29.8 Å². The fraction of sp³-hybridized carbons (Fsp3) is 0.667. The van der Waals surface area contributed by atoms with Crippen molar-refractivity contribution in [2.75, 3.05) is 18.5 Å². The average Bonchev–Trinajstić information content (AvgIpc) is 2.96. The van der Waals surface area contributed by atoms with E-state index in [2.05, 4.69) is 21.9 Å². The molecule has 1 aromatic heterocycles. The fourth-order valence-electron chi connectivity index (χ4n) is 1.76. The van der Waals surface area contributed by atoms with Gasteiger partial charge in [0.1, 0.15) is 0 Å². The molecule has 1 aliphatic carbocycles. The normalized spacial score (nSPS) is 15.4. The number of hydrogen-bond donors (Lipinski definition) is 0. The van der Waals surface area contributed by atoms with Crippen molar-refractivity contribution < 1.29 is 0 Å². The van der Waals surface area contributed by atoms with Crippen molar-refractivity contribution in [3.05, 3.63) is 17.5 Å². The molecular weight excluding hydrogens is 186 g/mol. The molecule has 1 saturated carbocycles. The minimum Gasteiger partial charge on any atom is -0.344 e. The van der Waals surface area contributed by atoms with Gasteiger partial charge in [-0.05, 0) is 32.3 Å². The molecule has 0 aromatic carbocycles. The zero-order chi connectivity index (χ0) is 10.8. The van der Waals surface area contributed by atoms with Gasteiger partial charge in [-0.25, -0.2) is 9.97 Å². The summed E-state index contributed by atoms with van der Waals surface area (Å²) in [5.74, 6) is 1.84. The molecule has 3 heteroatoms. The summed E-state index contributed by atoms with van der Waals surface area (Å²) < 4.78 is 0. The molecule has 0 spiro atoms. The number of rotatable bonds is 4. The van der Waals surface area contributed by atoms with Crippen LogP contribution >= 0.6 is 0 Å². The second-order valence-electron chi connectivity index (χ2n) is 4.60. The molecule has 1 heterocycles. The van der Waals surface area contributed by atoms with Crippen molar-refractivity contribution in [3.8, 4) is 0 Å². The lowest BCUT2D eigenvalue weighted by molar-refractivity contribution is 0.698. The standard InChI is InChI=1S/C12H19N3/c1-9-8-10(2)14-12(13-9)15(3)7-6-11-4-5-11/h8,11H,4-7H2,1-3H3. The van der Waals surface area contributed by atoms with E-state index in [1.165, 1.54) is 19.3 Å². The summed E-state index contributed by atoms with van der Waals surface area (Å²) >= 11 is 0. The molecule has 0 saturated heterocycles. The molecule has 0 atom stereocenters. The van der Waals surface area contributed by atoms with Crippen LogP contribution in [0.15, 0.2) is 6.07 Å². The second-order valence-corrected chi connectivity index (χ2v) is 4.60. The molecule has 15 heavy (non-hydrogen) atoms. The Labute approximate surface area is 91.5 Å². The maximum absolute atomic E-state index is 4.45. The number of aryl methyl sites for hydroxylation is 2. The molecule has 0 aliphatic heterocycles. The summed E-state index contributed by atoms with van der Waals surface area (Å²) in [5.41, 5.74) is 2.10. The largest absolute Gasteiger partial charge is 0.344 e. The first-order chi connectivity index (χ1) is 7.15. The van der Waals surface area contributed by atoms with E-state index in [0.29, 0.717) is 0 Å². The van der Waals surface area contributed by atoms with Crippen LogP contribution in [-0.2, 0) is 0 Å². The van der Waals surface area contributed by atoms with Crippen LogP contribution in [0.1, 0.15) is 30.7 Å². The van der Waals surface area contributed by atoms with Crippen LogP contribution in [0, 0.1) is 19.8 Å². The molecular formula is C12H19N3. The van der Waals surface area contributed by atoms with Gasteiger partial charge in [0.25, 0.3) is 0 Å². The van der Waals surface area contributed by atoms with E-state index in [1.807, 2.05) is 19.9 Å². The maximum atomic E-state index is 4.45. The molecule has 1 aromatic rings. The first-order valence-corrected chi connectivity index (χ1v) is 5.68. The van der Waals surface area contributed by atoms with Crippen LogP contribution in [-0.4, -0.2) is 23.6 Å². The minimum atomic E-state index is 0.869. The summed E-state index contributed by atoms with van der Waals surface area (Å²) in [4.78, 5) is 11.1. The molecule has 0 radical (unpaired) electrons. The number of hydrogen-bond acceptors (Lipinski definition) is 3. The van der Waals surface area contributed by atoms with E-state index in [1.54, 1.807) is 0 Å². The number of nitrogens with zero attached hydrogens (tertiary/aromatic N) is 3. The topological polar surface area (TPSA) is 29.0 Å². The summed E-state index contributed by atoms with van der Waals surface area (Å²) in [7, 11) is 2.08. The van der Waals surface area contributed by atoms with Crippen LogP contribution in [0.25, 0.3) is 0 Å². The summed E-state index contributed by atoms with van der Waals surface area (Å²) in [6.07, 6.45) is 4.12. The Hall–Kier alpha value is -1.12. The second kappa shape index (κ2) is 4.17. The third-order valence-electron chi connectivity index (χ3n) is 2.88. The van der Waals surface area contributed by atoms with Gasteiger partial charge in [-0.2, -0.15) is 0 Å². The molecule has 1 fully saturated rings. The predicted molar refractivity (Wildman–Crippen MR) is 62.1 cm³/mol. The van der Waals surface area contributed by atoms with E-state index in [-0.39, 0.29) is 0 Å². The summed E-state index contributed by atoms with van der Waals surface area (Å²) in [6, 6.07) is 2.01. The highest BCUT2D eigenvalue weighted by atomic mass is 15.2. The Balaban J connectivity index is 1.99.